The van der Waals surface area contributed by atoms with Crippen molar-refractivity contribution in [3.8, 4) is 11.8 Å². The number of fused-ring (bicyclic) bond motifs is 4. The number of nitrogens with one attached hydrogen (secondary N) is 4. The second kappa shape index (κ2) is 8.48. The molecule has 0 spiro atoms. The first-order valence-electron chi connectivity index (χ1n) is 13.1. The molecule has 36 heavy (non-hydrogen) atoms. The number of nitrogens with zero attached hydrogens (tertiary/aromatic N) is 2. The van der Waals surface area contributed by atoms with Gasteiger partial charge in [-0.15, -0.1) is 0 Å². The Hall–Kier alpha value is -3.66. The SMILES string of the molecule is CC1CC[C@@H](c2nc3ccc(C#Cc4ccc5c(ccc6nc([C@@H]7CC[C@H](C)N7)[nH]c65)c4)cc3[nH]2)N1. The van der Waals surface area contributed by atoms with Gasteiger partial charge in [-0.3, -0.25) is 0 Å². The van der Waals surface area contributed by atoms with E-state index < -0.39 is 0 Å². The molecular weight excluding hydrogens is 444 g/mol. The maximum atomic E-state index is 4.88. The molecule has 0 saturated carbocycles. The zero-order chi connectivity index (χ0) is 24.2. The maximum Gasteiger partial charge on any atom is 0.124 e. The molecule has 2 saturated heterocycles. The Morgan fingerprint density at radius 1 is 0.694 bits per heavy atom. The number of H-pyrrole nitrogens is 2. The fourth-order valence-electron chi connectivity index (χ4n) is 5.77. The molecule has 3 aromatic carbocycles. The molecule has 0 bridgehead atoms. The highest BCUT2D eigenvalue weighted by Gasteiger charge is 2.25. The van der Waals surface area contributed by atoms with Gasteiger partial charge in [-0.25, -0.2) is 9.97 Å². The summed E-state index contributed by atoms with van der Waals surface area (Å²) >= 11 is 0. The number of aromatic nitrogens is 4. The lowest BCUT2D eigenvalue weighted by atomic mass is 10.1. The van der Waals surface area contributed by atoms with Gasteiger partial charge in [-0.05, 0) is 81.3 Å². The smallest absolute Gasteiger partial charge is 0.124 e. The van der Waals surface area contributed by atoms with E-state index in [1.54, 1.807) is 0 Å². The third kappa shape index (κ3) is 3.85. The molecule has 7 rings (SSSR count). The third-order valence-corrected chi connectivity index (χ3v) is 7.75. The molecule has 0 amide bonds. The van der Waals surface area contributed by atoms with Gasteiger partial charge in [0.1, 0.15) is 11.6 Å². The monoisotopic (exact) mass is 474 g/mol. The molecule has 6 heteroatoms. The van der Waals surface area contributed by atoms with E-state index in [1.165, 1.54) is 23.6 Å². The second-order valence-corrected chi connectivity index (χ2v) is 10.5. The van der Waals surface area contributed by atoms with Crippen LogP contribution in [0.4, 0.5) is 0 Å². The Kier molecular flexibility index (Phi) is 5.09. The lowest BCUT2D eigenvalue weighted by Gasteiger charge is -2.07. The summed E-state index contributed by atoms with van der Waals surface area (Å²) in [6, 6.07) is 18.6. The van der Waals surface area contributed by atoms with E-state index in [0.717, 1.165) is 57.7 Å². The predicted molar refractivity (Wildman–Crippen MR) is 145 cm³/mol. The van der Waals surface area contributed by atoms with E-state index >= 15 is 0 Å². The van der Waals surface area contributed by atoms with Crippen LogP contribution in [0.25, 0.3) is 32.8 Å². The minimum absolute atomic E-state index is 0.314. The molecule has 180 valence electrons. The first kappa shape index (κ1) is 21.6. The van der Waals surface area contributed by atoms with Crippen LogP contribution in [0.15, 0.2) is 48.5 Å². The molecule has 4 N–H and O–H groups in total. The largest absolute Gasteiger partial charge is 0.341 e. The molecular formula is C30H30N6. The fourth-order valence-corrected chi connectivity index (χ4v) is 5.77. The fraction of sp³-hybridized carbons (Fsp3) is 0.333. The van der Waals surface area contributed by atoms with Gasteiger partial charge in [-0.2, -0.15) is 0 Å². The summed E-state index contributed by atoms with van der Waals surface area (Å²) in [5.41, 5.74) is 6.15. The molecule has 4 atom stereocenters. The number of rotatable bonds is 2. The molecule has 0 aliphatic carbocycles. The summed E-state index contributed by atoms with van der Waals surface area (Å²) in [4.78, 5) is 16.8. The average Bonchev–Trinajstić information content (AvgIpc) is 3.67. The van der Waals surface area contributed by atoms with E-state index in [0.29, 0.717) is 24.2 Å². The molecule has 2 fully saturated rings. The highest BCUT2D eigenvalue weighted by molar-refractivity contribution is 6.04. The Labute approximate surface area is 210 Å². The molecule has 5 aromatic rings. The Balaban J connectivity index is 1.16. The average molecular weight is 475 g/mol. The van der Waals surface area contributed by atoms with Crippen molar-refractivity contribution in [3.05, 3.63) is 71.3 Å². The molecule has 0 radical (unpaired) electrons. The van der Waals surface area contributed by atoms with Crippen molar-refractivity contribution in [1.82, 2.24) is 30.6 Å². The number of hydrogen-bond acceptors (Lipinski definition) is 4. The Bertz CT molecular complexity index is 1670. The van der Waals surface area contributed by atoms with Gasteiger partial charge >= 0.3 is 0 Å². The minimum Gasteiger partial charge on any atom is -0.341 e. The molecule has 4 heterocycles. The zero-order valence-electron chi connectivity index (χ0n) is 20.7. The van der Waals surface area contributed by atoms with E-state index in [1.807, 2.05) is 0 Å². The van der Waals surface area contributed by atoms with Crippen molar-refractivity contribution in [1.29, 1.82) is 0 Å². The first-order valence-corrected chi connectivity index (χ1v) is 13.1. The number of hydrogen-bond donors (Lipinski definition) is 4. The van der Waals surface area contributed by atoms with Crippen LogP contribution in [0.3, 0.4) is 0 Å². The second-order valence-electron chi connectivity index (χ2n) is 10.5. The van der Waals surface area contributed by atoms with Gasteiger partial charge in [-0.1, -0.05) is 24.0 Å². The van der Waals surface area contributed by atoms with Crippen LogP contribution >= 0.6 is 0 Å². The van der Waals surface area contributed by atoms with Gasteiger partial charge in [0, 0.05) is 28.6 Å². The summed E-state index contributed by atoms with van der Waals surface area (Å²) in [7, 11) is 0. The van der Waals surface area contributed by atoms with Gasteiger partial charge in [0.05, 0.1) is 34.2 Å². The Morgan fingerprint density at radius 3 is 2.06 bits per heavy atom. The topological polar surface area (TPSA) is 81.4 Å². The van der Waals surface area contributed by atoms with E-state index in [4.69, 9.17) is 9.97 Å². The summed E-state index contributed by atoms with van der Waals surface area (Å²) in [6.07, 6.45) is 4.63. The summed E-state index contributed by atoms with van der Waals surface area (Å²) < 4.78 is 0. The van der Waals surface area contributed by atoms with Crippen molar-refractivity contribution in [2.24, 2.45) is 0 Å². The normalized spacial score (nSPS) is 24.1. The van der Waals surface area contributed by atoms with Crippen LogP contribution in [0.2, 0.25) is 0 Å². The Morgan fingerprint density at radius 2 is 1.33 bits per heavy atom. The highest BCUT2D eigenvalue weighted by Crippen LogP contribution is 2.30. The third-order valence-electron chi connectivity index (χ3n) is 7.75. The van der Waals surface area contributed by atoms with E-state index in [-0.39, 0.29) is 0 Å². The van der Waals surface area contributed by atoms with Crippen LogP contribution in [-0.2, 0) is 0 Å². The molecule has 2 aliphatic rings. The minimum atomic E-state index is 0.314. The van der Waals surface area contributed by atoms with Crippen LogP contribution in [0, 0.1) is 11.8 Å². The summed E-state index contributed by atoms with van der Waals surface area (Å²) in [5.74, 6) is 8.77. The summed E-state index contributed by atoms with van der Waals surface area (Å²) in [5, 5.41) is 9.59. The molecule has 1 unspecified atom stereocenters. The van der Waals surface area contributed by atoms with Crippen molar-refractivity contribution < 1.29 is 0 Å². The first-order chi connectivity index (χ1) is 17.6. The predicted octanol–water partition coefficient (Wildman–Crippen LogP) is 5.62. The van der Waals surface area contributed by atoms with Crippen molar-refractivity contribution >= 4 is 32.8 Å². The lowest BCUT2D eigenvalue weighted by Crippen LogP contribution is -2.21. The van der Waals surface area contributed by atoms with Crippen molar-refractivity contribution in [2.75, 3.05) is 0 Å². The van der Waals surface area contributed by atoms with E-state index in [2.05, 4.69) is 94.8 Å². The van der Waals surface area contributed by atoms with Gasteiger partial charge < -0.3 is 20.6 Å². The van der Waals surface area contributed by atoms with E-state index in [9.17, 15) is 0 Å². The lowest BCUT2D eigenvalue weighted by molar-refractivity contribution is 0.565. The summed E-state index contributed by atoms with van der Waals surface area (Å²) in [6.45, 7) is 4.46. The molecule has 2 aromatic heterocycles. The van der Waals surface area contributed by atoms with Crippen molar-refractivity contribution in [2.45, 2.75) is 63.7 Å². The van der Waals surface area contributed by atoms with Crippen LogP contribution in [0.5, 0.6) is 0 Å². The van der Waals surface area contributed by atoms with Crippen LogP contribution in [0.1, 0.15) is 74.4 Å². The molecule has 2 aliphatic heterocycles. The quantitative estimate of drug-likeness (QED) is 0.250. The number of benzene rings is 3. The maximum absolute atomic E-state index is 4.88. The zero-order valence-corrected chi connectivity index (χ0v) is 20.7. The van der Waals surface area contributed by atoms with Crippen LogP contribution < -0.4 is 10.6 Å². The number of imidazole rings is 2. The van der Waals surface area contributed by atoms with Gasteiger partial charge in [0.2, 0.25) is 0 Å². The van der Waals surface area contributed by atoms with Crippen LogP contribution in [-0.4, -0.2) is 32.0 Å². The van der Waals surface area contributed by atoms with Crippen molar-refractivity contribution in [3.63, 3.8) is 0 Å². The highest BCUT2D eigenvalue weighted by atomic mass is 15.1. The number of aromatic amines is 2. The van der Waals surface area contributed by atoms with Gasteiger partial charge in [0.15, 0.2) is 0 Å². The van der Waals surface area contributed by atoms with Gasteiger partial charge in [0.25, 0.3) is 0 Å². The standard InChI is InChI=1S/C30H30N6/c1-17-3-11-25(31-17)29-33-23-13-8-20(16-27(23)35-29)6-5-19-7-10-22-21(15-19)9-14-24-28(22)36-30(34-24)26-12-4-18(2)32-26/h7-10,13-18,25-26,31-32H,3-4,11-12H2,1-2H3,(H,33,35)(H,34,36)/t17?,18-,25-,26-/m0/s1. The molecule has 6 nitrogen and oxygen atoms in total.